The molecule has 33 heavy (non-hydrogen) atoms. The zero-order valence-corrected chi connectivity index (χ0v) is 18.3. The smallest absolute Gasteiger partial charge is 0.232 e. The number of piperidine rings is 1. The molecule has 3 atom stereocenters. The quantitative estimate of drug-likeness (QED) is 0.492. The van der Waals surface area contributed by atoms with Crippen LogP contribution in [0.3, 0.4) is 0 Å². The van der Waals surface area contributed by atoms with E-state index in [0.29, 0.717) is 25.5 Å². The fraction of sp³-hybridized carbons (Fsp3) is 0.440. The molecule has 2 fully saturated rings. The average Bonchev–Trinajstić information content (AvgIpc) is 3.06. The van der Waals surface area contributed by atoms with E-state index in [0.717, 1.165) is 24.5 Å². The standard InChI is InChI=1S/C25H28F3N3O2/c26-20-12-22(28)21(27)10-16(20)11-23(29)17-8-18-6-7-19(9-17)31(18)25(33)13-24(32)30-14-15-4-2-1-3-5-15/h1-5,10,12,17-19,23H,6-9,11,13-14,29H2,(H,30,32)/t17?,18?,19?,23-/m1/s1. The zero-order valence-electron chi connectivity index (χ0n) is 18.3. The Hall–Kier alpha value is -2.87. The molecule has 5 nitrogen and oxygen atoms in total. The van der Waals surface area contributed by atoms with Gasteiger partial charge in [-0.25, -0.2) is 13.2 Å². The molecule has 2 aliphatic rings. The van der Waals surface area contributed by atoms with E-state index in [2.05, 4.69) is 5.32 Å². The van der Waals surface area contributed by atoms with Crippen molar-refractivity contribution in [3.8, 4) is 0 Å². The summed E-state index contributed by atoms with van der Waals surface area (Å²) in [6, 6.07) is 10.4. The summed E-state index contributed by atoms with van der Waals surface area (Å²) in [7, 11) is 0. The molecule has 3 N–H and O–H groups in total. The number of nitrogens with two attached hydrogens (primary N) is 1. The van der Waals surface area contributed by atoms with Crippen molar-refractivity contribution in [2.24, 2.45) is 11.7 Å². The van der Waals surface area contributed by atoms with E-state index in [-0.39, 0.29) is 48.2 Å². The number of nitrogens with zero attached hydrogens (tertiary/aromatic N) is 1. The van der Waals surface area contributed by atoms with E-state index in [9.17, 15) is 22.8 Å². The Kier molecular flexibility index (Phi) is 7.02. The summed E-state index contributed by atoms with van der Waals surface area (Å²) in [4.78, 5) is 27.0. The number of rotatable bonds is 7. The van der Waals surface area contributed by atoms with Crippen LogP contribution in [0.2, 0.25) is 0 Å². The minimum atomic E-state index is -1.22. The van der Waals surface area contributed by atoms with Gasteiger partial charge in [0.2, 0.25) is 11.8 Å². The highest BCUT2D eigenvalue weighted by molar-refractivity contribution is 5.97. The predicted octanol–water partition coefficient (Wildman–Crippen LogP) is 3.45. The Morgan fingerprint density at radius 3 is 2.30 bits per heavy atom. The summed E-state index contributed by atoms with van der Waals surface area (Å²) in [6.07, 6.45) is 2.88. The molecule has 0 radical (unpaired) electrons. The van der Waals surface area contributed by atoms with E-state index in [1.165, 1.54) is 0 Å². The van der Waals surface area contributed by atoms with Crippen LogP contribution in [0.15, 0.2) is 42.5 Å². The molecule has 2 bridgehead atoms. The molecular formula is C25H28F3N3O2. The lowest BCUT2D eigenvalue weighted by Crippen LogP contribution is -2.51. The molecule has 8 heteroatoms. The van der Waals surface area contributed by atoms with Crippen molar-refractivity contribution in [2.75, 3.05) is 0 Å². The molecule has 2 aromatic rings. The monoisotopic (exact) mass is 459 g/mol. The Balaban J connectivity index is 1.31. The molecule has 4 rings (SSSR count). The molecule has 2 aromatic carbocycles. The number of fused-ring (bicyclic) bond motifs is 2. The van der Waals surface area contributed by atoms with Gasteiger partial charge in [-0.15, -0.1) is 0 Å². The first kappa shape index (κ1) is 23.3. The van der Waals surface area contributed by atoms with Gasteiger partial charge in [-0.3, -0.25) is 9.59 Å². The van der Waals surface area contributed by atoms with Gasteiger partial charge in [0, 0.05) is 30.7 Å². The number of carbonyl (C=O) groups is 2. The largest absolute Gasteiger partial charge is 0.352 e. The highest BCUT2D eigenvalue weighted by atomic mass is 19.2. The Morgan fingerprint density at radius 1 is 1.00 bits per heavy atom. The summed E-state index contributed by atoms with van der Waals surface area (Å²) in [5.41, 5.74) is 7.36. The molecular weight excluding hydrogens is 431 g/mol. The third kappa shape index (κ3) is 5.38. The van der Waals surface area contributed by atoms with Gasteiger partial charge in [-0.05, 0) is 55.2 Å². The average molecular weight is 460 g/mol. The lowest BCUT2D eigenvalue weighted by molar-refractivity contribution is -0.140. The van der Waals surface area contributed by atoms with Crippen molar-refractivity contribution in [2.45, 2.75) is 63.2 Å². The summed E-state index contributed by atoms with van der Waals surface area (Å²) < 4.78 is 40.7. The molecule has 0 aromatic heterocycles. The van der Waals surface area contributed by atoms with Crippen molar-refractivity contribution < 1.29 is 22.8 Å². The van der Waals surface area contributed by atoms with Crippen LogP contribution in [-0.2, 0) is 22.6 Å². The predicted molar refractivity (Wildman–Crippen MR) is 117 cm³/mol. The Morgan fingerprint density at radius 2 is 1.64 bits per heavy atom. The van der Waals surface area contributed by atoms with Crippen molar-refractivity contribution in [1.82, 2.24) is 10.2 Å². The van der Waals surface area contributed by atoms with Gasteiger partial charge in [0.25, 0.3) is 0 Å². The highest BCUT2D eigenvalue weighted by Gasteiger charge is 2.44. The molecule has 176 valence electrons. The van der Waals surface area contributed by atoms with Crippen molar-refractivity contribution in [3.63, 3.8) is 0 Å². The first-order chi connectivity index (χ1) is 15.8. The van der Waals surface area contributed by atoms with Gasteiger partial charge in [-0.2, -0.15) is 0 Å². The molecule has 2 unspecified atom stereocenters. The molecule has 2 heterocycles. The summed E-state index contributed by atoms with van der Waals surface area (Å²) in [6.45, 7) is 0.372. The van der Waals surface area contributed by atoms with Gasteiger partial charge in [-0.1, -0.05) is 30.3 Å². The van der Waals surface area contributed by atoms with Crippen molar-refractivity contribution >= 4 is 11.8 Å². The molecule has 2 saturated heterocycles. The Labute approximate surface area is 191 Å². The second-order valence-electron chi connectivity index (χ2n) is 9.08. The molecule has 0 spiro atoms. The first-order valence-corrected chi connectivity index (χ1v) is 11.3. The van der Waals surface area contributed by atoms with Crippen LogP contribution in [0.4, 0.5) is 13.2 Å². The van der Waals surface area contributed by atoms with Crippen LogP contribution >= 0.6 is 0 Å². The van der Waals surface area contributed by atoms with Crippen LogP contribution in [0, 0.1) is 23.4 Å². The number of halogens is 3. The second kappa shape index (κ2) is 9.95. The maximum absolute atomic E-state index is 14.0. The molecule has 2 aliphatic heterocycles. The fourth-order valence-electron chi connectivity index (χ4n) is 5.20. The summed E-state index contributed by atoms with van der Waals surface area (Å²) in [5.74, 6) is -3.58. The van der Waals surface area contributed by atoms with Gasteiger partial charge >= 0.3 is 0 Å². The van der Waals surface area contributed by atoms with E-state index < -0.39 is 23.5 Å². The lowest BCUT2D eigenvalue weighted by atomic mass is 9.82. The number of amides is 2. The van der Waals surface area contributed by atoms with E-state index in [1.54, 1.807) is 0 Å². The molecule has 0 aliphatic carbocycles. The fourth-order valence-corrected chi connectivity index (χ4v) is 5.20. The molecule has 2 amide bonds. The van der Waals surface area contributed by atoms with Crippen LogP contribution in [0.5, 0.6) is 0 Å². The number of carbonyl (C=O) groups excluding carboxylic acids is 2. The number of hydrogen-bond acceptors (Lipinski definition) is 3. The third-order valence-corrected chi connectivity index (χ3v) is 6.85. The van der Waals surface area contributed by atoms with Crippen molar-refractivity contribution in [3.05, 3.63) is 71.0 Å². The van der Waals surface area contributed by atoms with Crippen LogP contribution in [0.1, 0.15) is 43.2 Å². The number of hydrogen-bond donors (Lipinski definition) is 2. The minimum Gasteiger partial charge on any atom is -0.352 e. The topological polar surface area (TPSA) is 75.4 Å². The van der Waals surface area contributed by atoms with Crippen LogP contribution in [0.25, 0.3) is 0 Å². The lowest BCUT2D eigenvalue weighted by Gasteiger charge is -2.41. The van der Waals surface area contributed by atoms with Crippen LogP contribution in [-0.4, -0.2) is 34.8 Å². The van der Waals surface area contributed by atoms with Crippen molar-refractivity contribution in [1.29, 1.82) is 0 Å². The van der Waals surface area contributed by atoms with E-state index in [4.69, 9.17) is 5.73 Å². The highest BCUT2D eigenvalue weighted by Crippen LogP contribution is 2.40. The normalized spacial score (nSPS) is 22.8. The van der Waals surface area contributed by atoms with E-state index >= 15 is 0 Å². The number of nitrogens with one attached hydrogen (secondary N) is 1. The van der Waals surface area contributed by atoms with E-state index in [1.807, 2.05) is 35.2 Å². The first-order valence-electron chi connectivity index (χ1n) is 11.3. The minimum absolute atomic E-state index is 0.0102. The number of benzene rings is 2. The van der Waals surface area contributed by atoms with Crippen LogP contribution < -0.4 is 11.1 Å². The zero-order chi connectivity index (χ0) is 23.5. The third-order valence-electron chi connectivity index (χ3n) is 6.85. The maximum atomic E-state index is 14.0. The summed E-state index contributed by atoms with van der Waals surface area (Å²) >= 11 is 0. The maximum Gasteiger partial charge on any atom is 0.232 e. The molecule has 0 saturated carbocycles. The summed E-state index contributed by atoms with van der Waals surface area (Å²) in [5, 5.41) is 2.79. The van der Waals surface area contributed by atoms with Gasteiger partial charge < -0.3 is 16.0 Å². The Bertz CT molecular complexity index is 1000. The van der Waals surface area contributed by atoms with Gasteiger partial charge in [0.05, 0.1) is 0 Å². The SMILES string of the molecule is N[C@H](Cc1cc(F)c(F)cc1F)C1CC2CCC(C1)N2C(=O)CC(=O)NCc1ccccc1. The van der Waals surface area contributed by atoms with Gasteiger partial charge in [0.15, 0.2) is 11.6 Å². The second-order valence-corrected chi connectivity index (χ2v) is 9.08. The van der Waals surface area contributed by atoms with Gasteiger partial charge in [0.1, 0.15) is 12.2 Å².